The summed E-state index contributed by atoms with van der Waals surface area (Å²) in [6, 6.07) is 0.904. The van der Waals surface area contributed by atoms with Crippen molar-refractivity contribution in [1.29, 1.82) is 0 Å². The van der Waals surface area contributed by atoms with Crippen LogP contribution in [0.25, 0.3) is 0 Å². The lowest BCUT2D eigenvalue weighted by atomic mass is 9.95. The minimum Gasteiger partial charge on any atom is -0.301 e. The number of rotatable bonds is 6. The molecular formula is C17H33ClN6. The maximum absolute atomic E-state index is 4.47. The first-order valence-corrected chi connectivity index (χ1v) is 9.57. The highest BCUT2D eigenvalue weighted by atomic mass is 35.5. The maximum Gasteiger partial charge on any atom is 0.168 e. The predicted molar refractivity (Wildman–Crippen MR) is 98.5 cm³/mol. The van der Waals surface area contributed by atoms with Crippen LogP contribution in [0.1, 0.15) is 76.7 Å². The third-order valence-electron chi connectivity index (χ3n) is 5.59. The van der Waals surface area contributed by atoms with Crippen LogP contribution in [-0.4, -0.2) is 62.7 Å². The molecule has 3 rings (SSSR count). The van der Waals surface area contributed by atoms with Gasteiger partial charge in [-0.1, -0.05) is 39.5 Å². The molecule has 1 aliphatic carbocycles. The number of likely N-dealkylation sites (N-methyl/N-ethyl adjacent to an activating group) is 1. The van der Waals surface area contributed by atoms with Gasteiger partial charge in [0.2, 0.25) is 0 Å². The first kappa shape index (κ1) is 19.6. The third kappa shape index (κ3) is 4.46. The van der Waals surface area contributed by atoms with Crippen LogP contribution >= 0.6 is 12.4 Å². The molecule has 1 unspecified atom stereocenters. The highest BCUT2D eigenvalue weighted by Gasteiger charge is 2.30. The van der Waals surface area contributed by atoms with E-state index in [2.05, 4.69) is 43.9 Å². The summed E-state index contributed by atoms with van der Waals surface area (Å²) in [5.41, 5.74) is 0. The SMILES string of the molecule is CCCC(c1nnnn1C1CCCCC1)N1CCN(CC)CC1.Cl. The van der Waals surface area contributed by atoms with Crippen LogP contribution < -0.4 is 0 Å². The minimum absolute atomic E-state index is 0. The zero-order valence-electron chi connectivity index (χ0n) is 15.2. The molecule has 0 radical (unpaired) electrons. The van der Waals surface area contributed by atoms with Gasteiger partial charge in [0.05, 0.1) is 12.1 Å². The van der Waals surface area contributed by atoms with Gasteiger partial charge in [0.15, 0.2) is 5.82 Å². The van der Waals surface area contributed by atoms with E-state index in [1.807, 2.05) is 0 Å². The van der Waals surface area contributed by atoms with Gasteiger partial charge in [-0.25, -0.2) is 4.68 Å². The van der Waals surface area contributed by atoms with E-state index in [0.29, 0.717) is 12.1 Å². The molecule has 1 saturated carbocycles. The Kier molecular flexibility index (Phi) is 7.91. The molecule has 1 aromatic rings. The quantitative estimate of drug-likeness (QED) is 0.784. The Morgan fingerprint density at radius 2 is 1.75 bits per heavy atom. The Hall–Kier alpha value is -0.720. The number of hydrogen-bond acceptors (Lipinski definition) is 5. The zero-order chi connectivity index (χ0) is 16.1. The van der Waals surface area contributed by atoms with E-state index < -0.39 is 0 Å². The second-order valence-corrected chi connectivity index (χ2v) is 7.05. The molecule has 0 N–H and O–H groups in total. The zero-order valence-corrected chi connectivity index (χ0v) is 16.0. The van der Waals surface area contributed by atoms with Crippen LogP contribution in [-0.2, 0) is 0 Å². The van der Waals surface area contributed by atoms with Crippen molar-refractivity contribution >= 4 is 12.4 Å². The summed E-state index contributed by atoms with van der Waals surface area (Å²) >= 11 is 0. The van der Waals surface area contributed by atoms with Crippen molar-refractivity contribution in [3.05, 3.63) is 5.82 Å². The maximum atomic E-state index is 4.47. The normalized spacial score (nSPS) is 22.2. The molecule has 7 heteroatoms. The molecule has 1 aliphatic heterocycles. The number of nitrogens with zero attached hydrogens (tertiary/aromatic N) is 6. The minimum atomic E-state index is 0. The van der Waals surface area contributed by atoms with Gasteiger partial charge in [-0.05, 0) is 36.2 Å². The van der Waals surface area contributed by atoms with Gasteiger partial charge in [-0.15, -0.1) is 17.5 Å². The smallest absolute Gasteiger partial charge is 0.168 e. The Morgan fingerprint density at radius 3 is 2.38 bits per heavy atom. The molecule has 0 aromatic carbocycles. The molecule has 1 saturated heterocycles. The van der Waals surface area contributed by atoms with Crippen LogP contribution in [0.15, 0.2) is 0 Å². The van der Waals surface area contributed by atoms with Gasteiger partial charge >= 0.3 is 0 Å². The van der Waals surface area contributed by atoms with Crippen LogP contribution in [0.4, 0.5) is 0 Å². The second-order valence-electron chi connectivity index (χ2n) is 7.05. The van der Waals surface area contributed by atoms with Gasteiger partial charge in [-0.2, -0.15) is 0 Å². The van der Waals surface area contributed by atoms with E-state index >= 15 is 0 Å². The fraction of sp³-hybridized carbons (Fsp3) is 0.941. The fourth-order valence-electron chi connectivity index (χ4n) is 4.15. The van der Waals surface area contributed by atoms with E-state index in [1.165, 1.54) is 51.6 Å². The van der Waals surface area contributed by atoms with Crippen molar-refractivity contribution in [2.24, 2.45) is 0 Å². The standard InChI is InChI=1S/C17H32N6.ClH/c1-3-8-16(22-13-11-21(4-2)12-14-22)17-18-19-20-23(17)15-9-6-5-7-10-15;/h15-16H,3-14H2,1-2H3;1H. The lowest BCUT2D eigenvalue weighted by Crippen LogP contribution is -2.48. The van der Waals surface area contributed by atoms with Crippen LogP contribution in [0, 0.1) is 0 Å². The van der Waals surface area contributed by atoms with Gasteiger partial charge in [-0.3, -0.25) is 4.90 Å². The van der Waals surface area contributed by atoms with Crippen molar-refractivity contribution in [1.82, 2.24) is 30.0 Å². The number of piperazine rings is 1. The van der Waals surface area contributed by atoms with Gasteiger partial charge in [0, 0.05) is 26.2 Å². The van der Waals surface area contributed by atoms with E-state index in [-0.39, 0.29) is 12.4 Å². The largest absolute Gasteiger partial charge is 0.301 e. The van der Waals surface area contributed by atoms with Crippen LogP contribution in [0.3, 0.4) is 0 Å². The summed E-state index contributed by atoms with van der Waals surface area (Å²) in [7, 11) is 0. The molecule has 6 nitrogen and oxygen atoms in total. The Bertz CT molecular complexity index is 465. The third-order valence-corrected chi connectivity index (χ3v) is 5.59. The Balaban J connectivity index is 0.00000208. The van der Waals surface area contributed by atoms with Gasteiger partial charge in [0.25, 0.3) is 0 Å². The predicted octanol–water partition coefficient (Wildman–Crippen LogP) is 3.08. The number of hydrogen-bond donors (Lipinski definition) is 0. The van der Waals surface area contributed by atoms with Crippen molar-refractivity contribution in [3.8, 4) is 0 Å². The molecule has 24 heavy (non-hydrogen) atoms. The first-order chi connectivity index (χ1) is 11.3. The van der Waals surface area contributed by atoms with E-state index in [1.54, 1.807) is 0 Å². The monoisotopic (exact) mass is 356 g/mol. The second kappa shape index (κ2) is 9.68. The molecule has 2 fully saturated rings. The molecule has 0 spiro atoms. The molecular weight excluding hydrogens is 324 g/mol. The summed E-state index contributed by atoms with van der Waals surface area (Å²) in [6.07, 6.45) is 8.80. The van der Waals surface area contributed by atoms with Crippen molar-refractivity contribution < 1.29 is 0 Å². The Morgan fingerprint density at radius 1 is 1.04 bits per heavy atom. The highest BCUT2D eigenvalue weighted by molar-refractivity contribution is 5.85. The molecule has 138 valence electrons. The van der Waals surface area contributed by atoms with Gasteiger partial charge in [0.1, 0.15) is 0 Å². The van der Waals surface area contributed by atoms with Crippen molar-refractivity contribution in [3.63, 3.8) is 0 Å². The summed E-state index contributed by atoms with van der Waals surface area (Å²) in [4.78, 5) is 5.14. The summed E-state index contributed by atoms with van der Waals surface area (Å²) in [5, 5.41) is 12.9. The van der Waals surface area contributed by atoms with Crippen LogP contribution in [0.5, 0.6) is 0 Å². The van der Waals surface area contributed by atoms with Crippen LogP contribution in [0.2, 0.25) is 0 Å². The number of halogens is 1. The molecule has 2 aliphatic rings. The lowest BCUT2D eigenvalue weighted by molar-refractivity contribution is 0.0870. The average molecular weight is 357 g/mol. The fourth-order valence-corrected chi connectivity index (χ4v) is 4.15. The highest BCUT2D eigenvalue weighted by Crippen LogP contribution is 2.32. The molecule has 2 heterocycles. The first-order valence-electron chi connectivity index (χ1n) is 9.57. The average Bonchev–Trinajstić information content (AvgIpc) is 3.10. The molecule has 1 atom stereocenters. The van der Waals surface area contributed by atoms with E-state index in [4.69, 9.17) is 0 Å². The topological polar surface area (TPSA) is 50.1 Å². The van der Waals surface area contributed by atoms with Gasteiger partial charge < -0.3 is 4.90 Å². The number of tetrazole rings is 1. The van der Waals surface area contributed by atoms with Crippen molar-refractivity contribution in [2.75, 3.05) is 32.7 Å². The van der Waals surface area contributed by atoms with E-state index in [0.717, 1.165) is 31.9 Å². The summed E-state index contributed by atoms with van der Waals surface area (Å²) in [5.74, 6) is 1.11. The van der Waals surface area contributed by atoms with E-state index in [9.17, 15) is 0 Å². The molecule has 0 amide bonds. The van der Waals surface area contributed by atoms with Crippen molar-refractivity contribution in [2.45, 2.75) is 70.9 Å². The summed E-state index contributed by atoms with van der Waals surface area (Å²) < 4.78 is 2.17. The Labute approximate surface area is 152 Å². The lowest BCUT2D eigenvalue weighted by Gasteiger charge is -2.38. The molecule has 0 bridgehead atoms. The molecule has 1 aromatic heterocycles. The summed E-state index contributed by atoms with van der Waals surface area (Å²) in [6.45, 7) is 10.3. The number of aromatic nitrogens is 4.